The van der Waals surface area contributed by atoms with Crippen LogP contribution in [0.5, 0.6) is 0 Å². The van der Waals surface area contributed by atoms with E-state index in [1.165, 1.54) is 38.8 Å². The van der Waals surface area contributed by atoms with Crippen LogP contribution in [0.25, 0.3) is 0 Å². The lowest BCUT2D eigenvalue weighted by Gasteiger charge is -2.16. The first kappa shape index (κ1) is 14.9. The van der Waals surface area contributed by atoms with E-state index >= 15 is 0 Å². The quantitative estimate of drug-likeness (QED) is 0.563. The Morgan fingerprint density at radius 1 is 1.07 bits per heavy atom. The number of hydrogen-bond acceptors (Lipinski definition) is 2. The molecule has 0 rings (SSSR count). The van der Waals surface area contributed by atoms with Crippen LogP contribution < -0.4 is 5.32 Å². The minimum Gasteiger partial charge on any atom is -0.316 e. The summed E-state index contributed by atoms with van der Waals surface area (Å²) in [4.78, 5) is 2.45. The zero-order chi connectivity index (χ0) is 11.5. The molecule has 0 aromatic carbocycles. The minimum absolute atomic E-state index is 0.771. The maximum absolute atomic E-state index is 3.48. The molecule has 0 unspecified atom stereocenters. The Balaban J connectivity index is 3.13. The van der Waals surface area contributed by atoms with Crippen molar-refractivity contribution in [3.8, 4) is 0 Å². The van der Waals surface area contributed by atoms with Gasteiger partial charge in [0.1, 0.15) is 0 Å². The Labute approximate surface area is 96.4 Å². The molecule has 0 aliphatic carbocycles. The molecule has 2 nitrogen and oxygen atoms in total. The largest absolute Gasteiger partial charge is 0.316 e. The summed E-state index contributed by atoms with van der Waals surface area (Å²) in [5, 5.41) is 3.48. The SMILES string of the molecule is CCCCCN(C)CCCNCC(C)C. The molecule has 0 aromatic rings. The topological polar surface area (TPSA) is 15.3 Å². The fourth-order valence-corrected chi connectivity index (χ4v) is 1.61. The molecule has 1 N–H and O–H groups in total. The van der Waals surface area contributed by atoms with E-state index in [4.69, 9.17) is 0 Å². The summed E-state index contributed by atoms with van der Waals surface area (Å²) in [6, 6.07) is 0. The van der Waals surface area contributed by atoms with Gasteiger partial charge in [0, 0.05) is 0 Å². The van der Waals surface area contributed by atoms with Crippen LogP contribution in [0.2, 0.25) is 0 Å². The van der Waals surface area contributed by atoms with Crippen molar-refractivity contribution >= 4 is 0 Å². The molecule has 0 aromatic heterocycles. The van der Waals surface area contributed by atoms with Crippen molar-refractivity contribution in [3.05, 3.63) is 0 Å². The highest BCUT2D eigenvalue weighted by molar-refractivity contribution is 4.56. The van der Waals surface area contributed by atoms with Crippen molar-refractivity contribution in [1.82, 2.24) is 10.2 Å². The number of rotatable bonds is 10. The molecule has 2 heteroatoms. The summed E-state index contributed by atoms with van der Waals surface area (Å²) >= 11 is 0. The van der Waals surface area contributed by atoms with E-state index < -0.39 is 0 Å². The van der Waals surface area contributed by atoms with Gasteiger partial charge >= 0.3 is 0 Å². The summed E-state index contributed by atoms with van der Waals surface area (Å²) in [6.07, 6.45) is 5.32. The van der Waals surface area contributed by atoms with E-state index in [0.29, 0.717) is 0 Å². The smallest absolute Gasteiger partial charge is 0.000969 e. The highest BCUT2D eigenvalue weighted by Gasteiger charge is 1.97. The van der Waals surface area contributed by atoms with Crippen molar-refractivity contribution < 1.29 is 0 Å². The van der Waals surface area contributed by atoms with Crippen molar-refractivity contribution in [2.24, 2.45) is 5.92 Å². The van der Waals surface area contributed by atoms with Gasteiger partial charge in [-0.2, -0.15) is 0 Å². The number of nitrogens with zero attached hydrogens (tertiary/aromatic N) is 1. The van der Waals surface area contributed by atoms with Crippen LogP contribution in [-0.2, 0) is 0 Å². The Morgan fingerprint density at radius 2 is 1.73 bits per heavy atom. The maximum Gasteiger partial charge on any atom is -0.000969 e. The average Bonchev–Trinajstić information content (AvgIpc) is 2.17. The maximum atomic E-state index is 3.48. The van der Waals surface area contributed by atoms with Crippen LogP contribution in [0.3, 0.4) is 0 Å². The molecule has 0 spiro atoms. The first-order chi connectivity index (χ1) is 7.16. The van der Waals surface area contributed by atoms with Crippen LogP contribution in [-0.4, -0.2) is 38.1 Å². The molecule has 0 fully saturated rings. The van der Waals surface area contributed by atoms with Crippen molar-refractivity contribution in [1.29, 1.82) is 0 Å². The van der Waals surface area contributed by atoms with Gasteiger partial charge in [0.05, 0.1) is 0 Å². The molecule has 0 heterocycles. The fourth-order valence-electron chi connectivity index (χ4n) is 1.61. The molecule has 0 bridgehead atoms. The van der Waals surface area contributed by atoms with Crippen molar-refractivity contribution in [2.45, 2.75) is 46.5 Å². The number of nitrogens with one attached hydrogen (secondary N) is 1. The molecule has 0 amide bonds. The predicted octanol–water partition coefficient (Wildman–Crippen LogP) is 2.74. The van der Waals surface area contributed by atoms with Gasteiger partial charge in [0.15, 0.2) is 0 Å². The first-order valence-electron chi connectivity index (χ1n) is 6.56. The van der Waals surface area contributed by atoms with Gasteiger partial charge in [-0.3, -0.25) is 0 Å². The van der Waals surface area contributed by atoms with Crippen LogP contribution in [0.4, 0.5) is 0 Å². The lowest BCUT2D eigenvalue weighted by molar-refractivity contribution is 0.318. The molecule has 0 aliphatic heterocycles. The van der Waals surface area contributed by atoms with Crippen LogP contribution >= 0.6 is 0 Å². The lowest BCUT2D eigenvalue weighted by Crippen LogP contribution is -2.26. The molecule has 0 radical (unpaired) electrons. The van der Waals surface area contributed by atoms with E-state index in [1.54, 1.807) is 0 Å². The van der Waals surface area contributed by atoms with Crippen molar-refractivity contribution in [2.75, 3.05) is 33.2 Å². The third-order valence-corrected chi connectivity index (χ3v) is 2.59. The summed E-state index contributed by atoms with van der Waals surface area (Å²) in [6.45, 7) is 11.6. The lowest BCUT2D eigenvalue weighted by atomic mass is 10.2. The van der Waals surface area contributed by atoms with E-state index in [-0.39, 0.29) is 0 Å². The molecule has 0 aliphatic rings. The van der Waals surface area contributed by atoms with E-state index in [0.717, 1.165) is 19.0 Å². The Kier molecular flexibility index (Phi) is 10.4. The van der Waals surface area contributed by atoms with Gasteiger partial charge in [0.2, 0.25) is 0 Å². The first-order valence-corrected chi connectivity index (χ1v) is 6.56. The monoisotopic (exact) mass is 214 g/mol. The Bertz CT molecular complexity index is 124. The zero-order valence-electron chi connectivity index (χ0n) is 11.2. The normalized spacial score (nSPS) is 11.6. The van der Waals surface area contributed by atoms with Gasteiger partial charge in [-0.25, -0.2) is 0 Å². The number of unbranched alkanes of at least 4 members (excludes halogenated alkanes) is 2. The fraction of sp³-hybridized carbons (Fsp3) is 1.00. The molecule has 92 valence electrons. The molecule has 0 saturated heterocycles. The average molecular weight is 214 g/mol. The van der Waals surface area contributed by atoms with E-state index in [2.05, 4.69) is 38.0 Å². The minimum atomic E-state index is 0.771. The second-order valence-corrected chi connectivity index (χ2v) is 4.96. The van der Waals surface area contributed by atoms with Crippen molar-refractivity contribution in [3.63, 3.8) is 0 Å². The predicted molar refractivity (Wildman–Crippen MR) is 69.3 cm³/mol. The third kappa shape index (κ3) is 11.8. The molecule has 0 saturated carbocycles. The van der Waals surface area contributed by atoms with Crippen LogP contribution in [0.1, 0.15) is 46.5 Å². The van der Waals surface area contributed by atoms with Gasteiger partial charge in [0.25, 0.3) is 0 Å². The standard InChI is InChI=1S/C13H30N2/c1-5-6-7-10-15(4)11-8-9-14-12-13(2)3/h13-14H,5-12H2,1-4H3. The highest BCUT2D eigenvalue weighted by atomic mass is 15.1. The molecular weight excluding hydrogens is 184 g/mol. The Morgan fingerprint density at radius 3 is 2.33 bits per heavy atom. The van der Waals surface area contributed by atoms with Gasteiger partial charge in [-0.15, -0.1) is 0 Å². The molecule has 15 heavy (non-hydrogen) atoms. The van der Waals surface area contributed by atoms with Crippen LogP contribution in [0.15, 0.2) is 0 Å². The molecular formula is C13H30N2. The van der Waals surface area contributed by atoms with Gasteiger partial charge < -0.3 is 10.2 Å². The summed E-state index contributed by atoms with van der Waals surface area (Å²) in [7, 11) is 2.23. The Hall–Kier alpha value is -0.0800. The summed E-state index contributed by atoms with van der Waals surface area (Å²) in [5.41, 5.74) is 0. The summed E-state index contributed by atoms with van der Waals surface area (Å²) < 4.78 is 0. The van der Waals surface area contributed by atoms with Gasteiger partial charge in [-0.1, -0.05) is 33.6 Å². The van der Waals surface area contributed by atoms with Gasteiger partial charge in [-0.05, 0) is 52.0 Å². The summed E-state index contributed by atoms with van der Waals surface area (Å²) in [5.74, 6) is 0.771. The van der Waals surface area contributed by atoms with E-state index in [9.17, 15) is 0 Å². The second-order valence-electron chi connectivity index (χ2n) is 4.96. The molecule has 0 atom stereocenters. The van der Waals surface area contributed by atoms with E-state index in [1.807, 2.05) is 0 Å². The number of hydrogen-bond donors (Lipinski definition) is 1. The van der Waals surface area contributed by atoms with Crippen LogP contribution in [0, 0.1) is 5.92 Å². The zero-order valence-corrected chi connectivity index (χ0v) is 11.2. The second kappa shape index (κ2) is 10.4. The highest BCUT2D eigenvalue weighted by Crippen LogP contribution is 1.96. The third-order valence-electron chi connectivity index (χ3n) is 2.59.